The zero-order valence-electron chi connectivity index (χ0n) is 14.6. The van der Waals surface area contributed by atoms with Gasteiger partial charge in [0.2, 0.25) is 15.7 Å². The molecular weight excluding hydrogens is 362 g/mol. The van der Waals surface area contributed by atoms with Gasteiger partial charge in [0.15, 0.2) is 0 Å². The number of sulfone groups is 1. The summed E-state index contributed by atoms with van der Waals surface area (Å²) in [7, 11) is -4.01. The molecule has 0 saturated carbocycles. The Morgan fingerprint density at radius 1 is 1.07 bits per heavy atom. The Morgan fingerprint density at radius 2 is 1.67 bits per heavy atom. The van der Waals surface area contributed by atoms with Crippen LogP contribution in [0.15, 0.2) is 70.5 Å². The molecule has 0 atom stereocenters. The van der Waals surface area contributed by atoms with Gasteiger partial charge in [-0.1, -0.05) is 48.5 Å². The van der Waals surface area contributed by atoms with E-state index in [2.05, 4.69) is 4.98 Å². The molecule has 136 valence electrons. The fourth-order valence-electron chi connectivity index (χ4n) is 2.78. The molecule has 0 bridgehead atoms. The summed E-state index contributed by atoms with van der Waals surface area (Å²) in [6, 6.07) is 18.7. The molecule has 1 heterocycles. The molecule has 27 heavy (non-hydrogen) atoms. The molecular formula is C20H17N3O3S. The number of nitriles is 1. The number of aromatic nitrogens is 1. The number of benzene rings is 2. The Kier molecular flexibility index (Phi) is 5.10. The third kappa shape index (κ3) is 3.35. The number of nitrogen functional groups attached to an aromatic ring is 1. The first-order chi connectivity index (χ1) is 13.0. The second kappa shape index (κ2) is 7.48. The van der Waals surface area contributed by atoms with E-state index in [1.165, 1.54) is 12.1 Å². The van der Waals surface area contributed by atoms with Crippen LogP contribution in [0, 0.1) is 11.3 Å². The van der Waals surface area contributed by atoms with Gasteiger partial charge in [0.1, 0.15) is 22.3 Å². The largest absolute Gasteiger partial charge is 0.477 e. The van der Waals surface area contributed by atoms with Crippen molar-refractivity contribution in [2.24, 2.45) is 0 Å². The van der Waals surface area contributed by atoms with Crippen LogP contribution in [0.3, 0.4) is 0 Å². The van der Waals surface area contributed by atoms with Crippen LogP contribution in [0.2, 0.25) is 0 Å². The fraction of sp³-hybridized carbons (Fsp3) is 0.100. The average molecular weight is 379 g/mol. The predicted octanol–water partition coefficient (Wildman–Crippen LogP) is 3.43. The van der Waals surface area contributed by atoms with Crippen LogP contribution in [0.25, 0.3) is 11.1 Å². The lowest BCUT2D eigenvalue weighted by Crippen LogP contribution is -2.12. The monoisotopic (exact) mass is 379 g/mol. The van der Waals surface area contributed by atoms with E-state index in [-0.39, 0.29) is 39.2 Å². The molecule has 2 N–H and O–H groups in total. The molecule has 0 spiro atoms. The highest BCUT2D eigenvalue weighted by Gasteiger charge is 2.30. The van der Waals surface area contributed by atoms with Crippen LogP contribution in [0.5, 0.6) is 5.88 Å². The summed E-state index contributed by atoms with van der Waals surface area (Å²) in [5.41, 5.74) is 6.82. The maximum atomic E-state index is 13.3. The van der Waals surface area contributed by atoms with Gasteiger partial charge in [-0.3, -0.25) is 0 Å². The highest BCUT2D eigenvalue weighted by Crippen LogP contribution is 2.40. The Hall–Kier alpha value is -3.37. The Labute approximate surface area is 157 Å². The van der Waals surface area contributed by atoms with E-state index in [0.29, 0.717) is 5.56 Å². The van der Waals surface area contributed by atoms with Crippen LogP contribution >= 0.6 is 0 Å². The Bertz CT molecular complexity index is 1110. The van der Waals surface area contributed by atoms with Gasteiger partial charge >= 0.3 is 0 Å². The first-order valence-electron chi connectivity index (χ1n) is 8.22. The molecule has 3 rings (SSSR count). The zero-order valence-corrected chi connectivity index (χ0v) is 15.4. The molecule has 1 aromatic heterocycles. The van der Waals surface area contributed by atoms with Crippen molar-refractivity contribution in [2.75, 3.05) is 12.3 Å². The number of rotatable bonds is 5. The van der Waals surface area contributed by atoms with Gasteiger partial charge in [0.05, 0.1) is 11.5 Å². The maximum absolute atomic E-state index is 13.3. The minimum atomic E-state index is -4.01. The number of ether oxygens (including phenoxy) is 1. The van der Waals surface area contributed by atoms with Crippen molar-refractivity contribution in [2.45, 2.75) is 16.7 Å². The Balaban J connectivity index is 2.43. The van der Waals surface area contributed by atoms with Crippen molar-refractivity contribution >= 4 is 15.7 Å². The van der Waals surface area contributed by atoms with E-state index < -0.39 is 9.84 Å². The average Bonchev–Trinajstić information content (AvgIpc) is 2.69. The molecule has 6 nitrogen and oxygen atoms in total. The van der Waals surface area contributed by atoms with Crippen molar-refractivity contribution in [1.82, 2.24) is 4.98 Å². The van der Waals surface area contributed by atoms with Gasteiger partial charge in [-0.05, 0) is 24.6 Å². The molecule has 0 aliphatic rings. The summed E-state index contributed by atoms with van der Waals surface area (Å²) in [6.07, 6.45) is 0. The van der Waals surface area contributed by atoms with Crippen molar-refractivity contribution in [1.29, 1.82) is 5.26 Å². The lowest BCUT2D eigenvalue weighted by Gasteiger charge is -2.17. The number of hydrogen-bond acceptors (Lipinski definition) is 6. The molecule has 0 amide bonds. The third-order valence-electron chi connectivity index (χ3n) is 3.92. The molecule has 2 aromatic carbocycles. The first kappa shape index (κ1) is 18.4. The second-order valence-corrected chi connectivity index (χ2v) is 7.50. The smallest absolute Gasteiger partial charge is 0.234 e. The van der Waals surface area contributed by atoms with Gasteiger partial charge in [0.25, 0.3) is 0 Å². The molecule has 0 aliphatic carbocycles. The SMILES string of the molecule is CCOc1nc(N)c(S(=O)(=O)c2ccccc2)c(-c2ccccc2)c1C#N. The van der Waals surface area contributed by atoms with E-state index in [9.17, 15) is 13.7 Å². The van der Waals surface area contributed by atoms with E-state index in [1.54, 1.807) is 55.5 Å². The summed E-state index contributed by atoms with van der Waals surface area (Å²) in [5, 5.41) is 9.73. The maximum Gasteiger partial charge on any atom is 0.234 e. The minimum absolute atomic E-state index is 0.0170. The molecule has 3 aromatic rings. The minimum Gasteiger partial charge on any atom is -0.477 e. The summed E-state index contributed by atoms with van der Waals surface area (Å²) in [6.45, 7) is 2.01. The van der Waals surface area contributed by atoms with E-state index in [0.717, 1.165) is 0 Å². The van der Waals surface area contributed by atoms with Gasteiger partial charge in [-0.25, -0.2) is 8.42 Å². The first-order valence-corrected chi connectivity index (χ1v) is 9.71. The van der Waals surface area contributed by atoms with Crippen molar-refractivity contribution < 1.29 is 13.2 Å². The molecule has 0 unspecified atom stereocenters. The normalized spacial score (nSPS) is 11.0. The summed E-state index contributed by atoms with van der Waals surface area (Å²) >= 11 is 0. The number of nitrogens with two attached hydrogens (primary N) is 1. The Morgan fingerprint density at radius 3 is 2.22 bits per heavy atom. The zero-order chi connectivity index (χ0) is 19.4. The van der Waals surface area contributed by atoms with E-state index >= 15 is 0 Å². The van der Waals surface area contributed by atoms with E-state index in [4.69, 9.17) is 10.5 Å². The second-order valence-electron chi connectivity index (χ2n) is 5.61. The molecule has 0 saturated heterocycles. The quantitative estimate of drug-likeness (QED) is 0.728. The lowest BCUT2D eigenvalue weighted by molar-refractivity contribution is 0.326. The lowest BCUT2D eigenvalue weighted by atomic mass is 10.0. The van der Waals surface area contributed by atoms with E-state index in [1.807, 2.05) is 6.07 Å². The number of hydrogen-bond donors (Lipinski definition) is 1. The van der Waals surface area contributed by atoms with Crippen LogP contribution < -0.4 is 10.5 Å². The van der Waals surface area contributed by atoms with Crippen molar-refractivity contribution in [3.63, 3.8) is 0 Å². The van der Waals surface area contributed by atoms with Crippen LogP contribution in [-0.2, 0) is 9.84 Å². The van der Waals surface area contributed by atoms with Crippen LogP contribution in [-0.4, -0.2) is 20.0 Å². The van der Waals surface area contributed by atoms with Crippen LogP contribution in [0.1, 0.15) is 12.5 Å². The third-order valence-corrected chi connectivity index (χ3v) is 5.77. The molecule has 0 fully saturated rings. The van der Waals surface area contributed by atoms with Crippen LogP contribution in [0.4, 0.5) is 5.82 Å². The number of pyridine rings is 1. The summed E-state index contributed by atoms with van der Waals surface area (Å²) in [4.78, 5) is 3.94. The fourth-order valence-corrected chi connectivity index (χ4v) is 4.34. The molecule has 0 aliphatic heterocycles. The number of anilines is 1. The van der Waals surface area contributed by atoms with Gasteiger partial charge < -0.3 is 10.5 Å². The molecule has 0 radical (unpaired) electrons. The standard InChI is InChI=1S/C20H17N3O3S/c1-2-26-20-16(13-21)17(14-9-5-3-6-10-14)18(19(22)23-20)27(24,25)15-11-7-4-8-12-15/h3-12H,2H2,1H3,(H2,22,23). The molecule has 7 heteroatoms. The highest BCUT2D eigenvalue weighted by molar-refractivity contribution is 7.91. The highest BCUT2D eigenvalue weighted by atomic mass is 32.2. The van der Waals surface area contributed by atoms with Gasteiger partial charge in [-0.15, -0.1) is 0 Å². The number of nitrogens with zero attached hydrogens (tertiary/aromatic N) is 2. The summed E-state index contributed by atoms with van der Waals surface area (Å²) in [5.74, 6) is -0.191. The van der Waals surface area contributed by atoms with Gasteiger partial charge in [0, 0.05) is 5.56 Å². The predicted molar refractivity (Wildman–Crippen MR) is 102 cm³/mol. The van der Waals surface area contributed by atoms with Crippen molar-refractivity contribution in [3.05, 3.63) is 66.2 Å². The topological polar surface area (TPSA) is 106 Å². The van der Waals surface area contributed by atoms with Gasteiger partial charge in [-0.2, -0.15) is 10.2 Å². The van der Waals surface area contributed by atoms with Crippen molar-refractivity contribution in [3.8, 4) is 23.1 Å². The summed E-state index contributed by atoms with van der Waals surface area (Å²) < 4.78 is 32.1.